The van der Waals surface area contributed by atoms with Crippen molar-refractivity contribution in [1.29, 1.82) is 0 Å². The summed E-state index contributed by atoms with van der Waals surface area (Å²) in [6.07, 6.45) is 6.53. The Bertz CT molecular complexity index is 363. The van der Waals surface area contributed by atoms with Crippen molar-refractivity contribution >= 4 is 15.9 Å². The first-order chi connectivity index (χ1) is 8.81. The van der Waals surface area contributed by atoms with Crippen LogP contribution in [0.4, 0.5) is 4.39 Å². The van der Waals surface area contributed by atoms with Crippen molar-refractivity contribution in [2.45, 2.75) is 44.7 Å². The monoisotopic (exact) mass is 313 g/mol. The van der Waals surface area contributed by atoms with E-state index in [1.807, 2.05) is 12.1 Å². The summed E-state index contributed by atoms with van der Waals surface area (Å²) in [6.45, 7) is 1.74. The number of rotatable bonds is 5. The molecule has 0 saturated heterocycles. The summed E-state index contributed by atoms with van der Waals surface area (Å²) in [5.41, 5.74) is 0.823. The van der Waals surface area contributed by atoms with Crippen LogP contribution in [0, 0.1) is 5.82 Å². The Labute approximate surface area is 118 Å². The molecule has 18 heavy (non-hydrogen) atoms. The molecule has 0 unspecified atom stereocenters. The first-order valence-corrected chi connectivity index (χ1v) is 7.97. The molecule has 1 aliphatic carbocycles. The lowest BCUT2D eigenvalue weighted by atomic mass is 9.94. The SMILES string of the molecule is Fc1ccccc1CN(CCBr)C1CCCCC1. The molecule has 0 atom stereocenters. The van der Waals surface area contributed by atoms with Gasteiger partial charge in [0.25, 0.3) is 0 Å². The van der Waals surface area contributed by atoms with Gasteiger partial charge in [-0.15, -0.1) is 0 Å². The van der Waals surface area contributed by atoms with Crippen molar-refractivity contribution < 1.29 is 4.39 Å². The van der Waals surface area contributed by atoms with Gasteiger partial charge in [0.15, 0.2) is 0 Å². The fraction of sp³-hybridized carbons (Fsp3) is 0.600. The predicted molar refractivity (Wildman–Crippen MR) is 77.5 cm³/mol. The Kier molecular flexibility index (Phi) is 5.64. The molecule has 0 amide bonds. The topological polar surface area (TPSA) is 3.24 Å². The molecule has 0 aromatic heterocycles. The quantitative estimate of drug-likeness (QED) is 0.730. The van der Waals surface area contributed by atoms with Gasteiger partial charge >= 0.3 is 0 Å². The molecule has 1 fully saturated rings. The largest absolute Gasteiger partial charge is 0.295 e. The molecule has 1 nitrogen and oxygen atoms in total. The number of hydrogen-bond acceptors (Lipinski definition) is 1. The van der Waals surface area contributed by atoms with Crippen LogP contribution in [0.15, 0.2) is 24.3 Å². The highest BCUT2D eigenvalue weighted by Crippen LogP contribution is 2.24. The van der Waals surface area contributed by atoms with Crippen LogP contribution < -0.4 is 0 Å². The van der Waals surface area contributed by atoms with Crippen molar-refractivity contribution in [3.63, 3.8) is 0 Å². The third-order valence-electron chi connectivity index (χ3n) is 3.79. The minimum Gasteiger partial charge on any atom is -0.295 e. The van der Waals surface area contributed by atoms with Gasteiger partial charge in [-0.3, -0.25) is 4.90 Å². The van der Waals surface area contributed by atoms with Gasteiger partial charge in [0.2, 0.25) is 0 Å². The average molecular weight is 314 g/mol. The van der Waals surface area contributed by atoms with Crippen molar-refractivity contribution in [2.24, 2.45) is 0 Å². The molecule has 1 aromatic carbocycles. The zero-order valence-corrected chi connectivity index (χ0v) is 12.3. The van der Waals surface area contributed by atoms with Gasteiger partial charge in [-0.05, 0) is 18.9 Å². The Balaban J connectivity index is 2.03. The highest BCUT2D eigenvalue weighted by molar-refractivity contribution is 9.09. The molecule has 0 aliphatic heterocycles. The summed E-state index contributed by atoms with van der Waals surface area (Å²) in [7, 11) is 0. The zero-order valence-electron chi connectivity index (χ0n) is 10.7. The second kappa shape index (κ2) is 7.25. The van der Waals surface area contributed by atoms with Gasteiger partial charge in [-0.25, -0.2) is 4.39 Å². The Morgan fingerprint density at radius 3 is 2.56 bits per heavy atom. The first-order valence-electron chi connectivity index (χ1n) is 6.84. The third kappa shape index (κ3) is 3.79. The Hall–Kier alpha value is -0.410. The van der Waals surface area contributed by atoms with Crippen LogP contribution in [0.5, 0.6) is 0 Å². The fourth-order valence-corrected chi connectivity index (χ4v) is 3.25. The first kappa shape index (κ1) is 14.0. The van der Waals surface area contributed by atoms with E-state index in [0.29, 0.717) is 6.04 Å². The zero-order chi connectivity index (χ0) is 12.8. The summed E-state index contributed by atoms with van der Waals surface area (Å²) >= 11 is 3.51. The minimum atomic E-state index is -0.0760. The van der Waals surface area contributed by atoms with Crippen molar-refractivity contribution in [3.05, 3.63) is 35.6 Å². The lowest BCUT2D eigenvalue weighted by molar-refractivity contribution is 0.156. The van der Waals surface area contributed by atoms with Crippen molar-refractivity contribution in [1.82, 2.24) is 4.90 Å². The van der Waals surface area contributed by atoms with E-state index in [1.54, 1.807) is 12.1 Å². The molecule has 2 rings (SSSR count). The van der Waals surface area contributed by atoms with E-state index in [-0.39, 0.29) is 5.82 Å². The van der Waals surface area contributed by atoms with Crippen LogP contribution in [0.1, 0.15) is 37.7 Å². The number of alkyl halides is 1. The van der Waals surface area contributed by atoms with E-state index in [2.05, 4.69) is 20.8 Å². The fourth-order valence-electron chi connectivity index (χ4n) is 2.79. The summed E-state index contributed by atoms with van der Waals surface area (Å²) in [6, 6.07) is 7.78. The highest BCUT2D eigenvalue weighted by Gasteiger charge is 2.21. The second-order valence-corrected chi connectivity index (χ2v) is 5.84. The van der Waals surface area contributed by atoms with E-state index in [0.717, 1.165) is 24.0 Å². The summed E-state index contributed by atoms with van der Waals surface area (Å²) < 4.78 is 13.7. The Morgan fingerprint density at radius 2 is 1.89 bits per heavy atom. The summed E-state index contributed by atoms with van der Waals surface area (Å²) in [4.78, 5) is 2.44. The van der Waals surface area contributed by atoms with Gasteiger partial charge in [0, 0.05) is 30.0 Å². The standard InChI is InChI=1S/C15H21BrFN/c16-10-11-18(14-7-2-1-3-8-14)12-13-6-4-5-9-15(13)17/h4-6,9,14H,1-3,7-8,10-12H2. The average Bonchev–Trinajstić information content (AvgIpc) is 2.42. The van der Waals surface area contributed by atoms with Crippen LogP contribution in [0.2, 0.25) is 0 Å². The molecule has 0 heterocycles. The molecule has 0 bridgehead atoms. The highest BCUT2D eigenvalue weighted by atomic mass is 79.9. The van der Waals surface area contributed by atoms with Crippen LogP contribution in [-0.4, -0.2) is 22.8 Å². The Morgan fingerprint density at radius 1 is 1.17 bits per heavy atom. The van der Waals surface area contributed by atoms with Gasteiger partial charge in [-0.1, -0.05) is 53.4 Å². The van der Waals surface area contributed by atoms with Crippen molar-refractivity contribution in [3.8, 4) is 0 Å². The molecule has 1 aromatic rings. The number of halogens is 2. The lowest BCUT2D eigenvalue weighted by Crippen LogP contribution is -2.37. The van der Waals surface area contributed by atoms with E-state index in [9.17, 15) is 4.39 Å². The van der Waals surface area contributed by atoms with Gasteiger partial charge in [0.1, 0.15) is 5.82 Å². The van der Waals surface area contributed by atoms with E-state index in [1.165, 1.54) is 32.1 Å². The molecular weight excluding hydrogens is 293 g/mol. The normalized spacial score (nSPS) is 17.3. The van der Waals surface area contributed by atoms with Crippen LogP contribution in [0.25, 0.3) is 0 Å². The summed E-state index contributed by atoms with van der Waals surface area (Å²) in [5.74, 6) is -0.0760. The third-order valence-corrected chi connectivity index (χ3v) is 4.15. The maximum Gasteiger partial charge on any atom is 0.127 e. The molecular formula is C15H21BrFN. The van der Waals surface area contributed by atoms with Crippen LogP contribution >= 0.6 is 15.9 Å². The van der Waals surface area contributed by atoms with Gasteiger partial charge < -0.3 is 0 Å². The molecule has 0 spiro atoms. The number of hydrogen-bond donors (Lipinski definition) is 0. The summed E-state index contributed by atoms with van der Waals surface area (Å²) in [5, 5.41) is 0.956. The second-order valence-electron chi connectivity index (χ2n) is 5.04. The molecule has 1 aliphatic rings. The number of benzene rings is 1. The molecule has 0 N–H and O–H groups in total. The smallest absolute Gasteiger partial charge is 0.127 e. The molecule has 0 radical (unpaired) electrons. The van der Waals surface area contributed by atoms with Crippen LogP contribution in [0.3, 0.4) is 0 Å². The van der Waals surface area contributed by atoms with Gasteiger partial charge in [-0.2, -0.15) is 0 Å². The van der Waals surface area contributed by atoms with E-state index in [4.69, 9.17) is 0 Å². The maximum atomic E-state index is 13.7. The van der Waals surface area contributed by atoms with Crippen LogP contribution in [-0.2, 0) is 6.54 Å². The molecule has 100 valence electrons. The predicted octanol–water partition coefficient (Wildman–Crippen LogP) is 4.36. The number of nitrogens with zero attached hydrogens (tertiary/aromatic N) is 1. The maximum absolute atomic E-state index is 13.7. The van der Waals surface area contributed by atoms with E-state index >= 15 is 0 Å². The van der Waals surface area contributed by atoms with Gasteiger partial charge in [0.05, 0.1) is 0 Å². The molecule has 1 saturated carbocycles. The van der Waals surface area contributed by atoms with Crippen molar-refractivity contribution in [2.75, 3.05) is 11.9 Å². The minimum absolute atomic E-state index is 0.0760. The molecule has 3 heteroatoms. The lowest BCUT2D eigenvalue weighted by Gasteiger charge is -2.34. The van der Waals surface area contributed by atoms with E-state index < -0.39 is 0 Å².